The lowest BCUT2D eigenvalue weighted by Gasteiger charge is -2.14. The fourth-order valence-electron chi connectivity index (χ4n) is 1.63. The molecule has 0 aliphatic heterocycles. The number of carbonyl (C=O) groups is 1. The summed E-state index contributed by atoms with van der Waals surface area (Å²) in [5.74, 6) is -1.01. The molecule has 0 spiro atoms. The van der Waals surface area contributed by atoms with Crippen LogP contribution in [0, 0.1) is 0 Å². The van der Waals surface area contributed by atoms with Gasteiger partial charge in [-0.05, 0) is 5.56 Å². The van der Waals surface area contributed by atoms with Crippen LogP contribution < -0.4 is 0 Å². The first-order valence-electron chi connectivity index (χ1n) is 6.79. The highest BCUT2D eigenvalue weighted by Gasteiger charge is 2.19. The first kappa shape index (κ1) is 17.6. The SMILES string of the molecule is COCCOCCOCCOC(C(=O)O)c1ccccc1. The van der Waals surface area contributed by atoms with Crippen LogP contribution in [0.3, 0.4) is 0 Å². The molecule has 1 atom stereocenters. The minimum atomic E-state index is -1.01. The van der Waals surface area contributed by atoms with E-state index in [9.17, 15) is 4.79 Å². The predicted octanol–water partition coefficient (Wildman–Crippen LogP) is 1.51. The van der Waals surface area contributed by atoms with Gasteiger partial charge in [-0.2, -0.15) is 0 Å². The van der Waals surface area contributed by atoms with Crippen LogP contribution in [0.2, 0.25) is 0 Å². The molecule has 0 aromatic heterocycles. The molecule has 1 rings (SSSR count). The maximum atomic E-state index is 11.2. The topological polar surface area (TPSA) is 74.2 Å². The van der Waals surface area contributed by atoms with Gasteiger partial charge in [0.1, 0.15) is 0 Å². The lowest BCUT2D eigenvalue weighted by Crippen LogP contribution is -2.18. The van der Waals surface area contributed by atoms with Gasteiger partial charge >= 0.3 is 5.97 Å². The zero-order valence-electron chi connectivity index (χ0n) is 12.2. The van der Waals surface area contributed by atoms with E-state index in [1.54, 1.807) is 31.4 Å². The highest BCUT2D eigenvalue weighted by Crippen LogP contribution is 2.16. The van der Waals surface area contributed by atoms with E-state index in [1.165, 1.54) is 0 Å². The zero-order chi connectivity index (χ0) is 15.3. The Bertz CT molecular complexity index is 381. The van der Waals surface area contributed by atoms with Crippen LogP contribution in [0.25, 0.3) is 0 Å². The fraction of sp³-hybridized carbons (Fsp3) is 0.533. The molecule has 1 aromatic carbocycles. The minimum Gasteiger partial charge on any atom is -0.479 e. The van der Waals surface area contributed by atoms with Gasteiger partial charge in [0.15, 0.2) is 6.10 Å². The maximum absolute atomic E-state index is 11.2. The van der Waals surface area contributed by atoms with Gasteiger partial charge in [0.25, 0.3) is 0 Å². The van der Waals surface area contributed by atoms with Crippen molar-refractivity contribution in [1.29, 1.82) is 0 Å². The van der Waals surface area contributed by atoms with Crippen molar-refractivity contribution in [2.45, 2.75) is 6.10 Å². The number of hydrogen-bond donors (Lipinski definition) is 1. The molecule has 0 radical (unpaired) electrons. The third-order valence-electron chi connectivity index (χ3n) is 2.64. The van der Waals surface area contributed by atoms with Crippen molar-refractivity contribution in [3.63, 3.8) is 0 Å². The van der Waals surface area contributed by atoms with E-state index in [-0.39, 0.29) is 6.61 Å². The molecule has 0 amide bonds. The Morgan fingerprint density at radius 3 is 2.14 bits per heavy atom. The molecule has 118 valence electrons. The van der Waals surface area contributed by atoms with Crippen LogP contribution in [0.5, 0.6) is 0 Å². The van der Waals surface area contributed by atoms with E-state index in [1.807, 2.05) is 6.07 Å². The smallest absolute Gasteiger partial charge is 0.337 e. The van der Waals surface area contributed by atoms with E-state index in [2.05, 4.69) is 0 Å². The number of carboxylic acid groups (broad SMARTS) is 1. The second-order valence-corrected chi connectivity index (χ2v) is 4.22. The summed E-state index contributed by atoms with van der Waals surface area (Å²) in [7, 11) is 1.61. The number of hydrogen-bond acceptors (Lipinski definition) is 5. The summed E-state index contributed by atoms with van der Waals surface area (Å²) in [6.07, 6.45) is -0.965. The van der Waals surface area contributed by atoms with Crippen molar-refractivity contribution in [2.24, 2.45) is 0 Å². The Balaban J connectivity index is 2.13. The van der Waals surface area contributed by atoms with Gasteiger partial charge < -0.3 is 24.1 Å². The first-order chi connectivity index (χ1) is 10.3. The number of aliphatic carboxylic acids is 1. The summed E-state index contributed by atoms with van der Waals surface area (Å²) in [5.41, 5.74) is 0.618. The molecular formula is C15H22O6. The summed E-state index contributed by atoms with van der Waals surface area (Å²) < 4.78 is 20.7. The van der Waals surface area contributed by atoms with E-state index in [4.69, 9.17) is 24.1 Å². The van der Waals surface area contributed by atoms with Gasteiger partial charge in [0, 0.05) is 7.11 Å². The van der Waals surface area contributed by atoms with Crippen molar-refractivity contribution in [3.8, 4) is 0 Å². The van der Waals surface area contributed by atoms with Gasteiger partial charge in [0.2, 0.25) is 0 Å². The quantitative estimate of drug-likeness (QED) is 0.590. The Hall–Kier alpha value is -1.47. The molecule has 0 heterocycles. The molecule has 6 heteroatoms. The summed E-state index contributed by atoms with van der Waals surface area (Å²) in [6.45, 7) is 2.54. The Morgan fingerprint density at radius 2 is 1.57 bits per heavy atom. The van der Waals surface area contributed by atoms with Crippen molar-refractivity contribution < 1.29 is 28.8 Å². The standard InChI is InChI=1S/C15H22O6/c1-18-7-8-19-9-10-20-11-12-21-14(15(16)17)13-5-3-2-4-6-13/h2-6,14H,7-12H2,1H3,(H,16,17). The van der Waals surface area contributed by atoms with Crippen LogP contribution in [0.15, 0.2) is 30.3 Å². The van der Waals surface area contributed by atoms with Crippen molar-refractivity contribution in [1.82, 2.24) is 0 Å². The largest absolute Gasteiger partial charge is 0.479 e. The van der Waals surface area contributed by atoms with E-state index in [0.717, 1.165) is 0 Å². The number of rotatable bonds is 12. The van der Waals surface area contributed by atoms with Gasteiger partial charge in [-0.15, -0.1) is 0 Å². The minimum absolute atomic E-state index is 0.212. The molecule has 0 aliphatic rings. The van der Waals surface area contributed by atoms with Crippen LogP contribution in [-0.4, -0.2) is 57.8 Å². The molecule has 0 saturated heterocycles. The summed E-state index contributed by atoms with van der Waals surface area (Å²) >= 11 is 0. The van der Waals surface area contributed by atoms with Gasteiger partial charge in [-0.1, -0.05) is 30.3 Å². The zero-order valence-corrected chi connectivity index (χ0v) is 12.2. The molecule has 0 saturated carbocycles. The molecule has 6 nitrogen and oxygen atoms in total. The predicted molar refractivity (Wildman–Crippen MR) is 76.3 cm³/mol. The van der Waals surface area contributed by atoms with Crippen molar-refractivity contribution in [2.75, 3.05) is 46.8 Å². The molecule has 1 unspecified atom stereocenters. The van der Waals surface area contributed by atoms with E-state index >= 15 is 0 Å². The van der Waals surface area contributed by atoms with Crippen molar-refractivity contribution in [3.05, 3.63) is 35.9 Å². The number of benzene rings is 1. The average molecular weight is 298 g/mol. The third-order valence-corrected chi connectivity index (χ3v) is 2.64. The summed E-state index contributed by atoms with van der Waals surface area (Å²) in [6, 6.07) is 8.84. The number of ether oxygens (including phenoxy) is 4. The van der Waals surface area contributed by atoms with Crippen LogP contribution in [0.4, 0.5) is 0 Å². The Kier molecular flexibility index (Phi) is 9.39. The van der Waals surface area contributed by atoms with Crippen LogP contribution in [-0.2, 0) is 23.7 Å². The molecule has 0 fully saturated rings. The van der Waals surface area contributed by atoms with E-state index in [0.29, 0.717) is 38.6 Å². The molecule has 0 bridgehead atoms. The van der Waals surface area contributed by atoms with E-state index < -0.39 is 12.1 Å². The number of methoxy groups -OCH3 is 1. The molecule has 1 N–H and O–H groups in total. The van der Waals surface area contributed by atoms with Gasteiger partial charge in [-0.25, -0.2) is 4.79 Å². The lowest BCUT2D eigenvalue weighted by molar-refractivity contribution is -0.152. The third kappa shape index (κ3) is 7.77. The second kappa shape index (κ2) is 11.2. The maximum Gasteiger partial charge on any atom is 0.337 e. The monoisotopic (exact) mass is 298 g/mol. The Morgan fingerprint density at radius 1 is 1.00 bits per heavy atom. The first-order valence-corrected chi connectivity index (χ1v) is 6.79. The summed E-state index contributed by atoms with van der Waals surface area (Å²) in [4.78, 5) is 11.2. The lowest BCUT2D eigenvalue weighted by atomic mass is 10.1. The molecule has 0 aliphatic carbocycles. The molecule has 1 aromatic rings. The second-order valence-electron chi connectivity index (χ2n) is 4.22. The fourth-order valence-corrected chi connectivity index (χ4v) is 1.63. The van der Waals surface area contributed by atoms with Crippen LogP contribution >= 0.6 is 0 Å². The summed E-state index contributed by atoms with van der Waals surface area (Å²) in [5, 5.41) is 9.15. The molecule has 21 heavy (non-hydrogen) atoms. The highest BCUT2D eigenvalue weighted by molar-refractivity contribution is 5.74. The number of carboxylic acids is 1. The normalized spacial score (nSPS) is 12.2. The van der Waals surface area contributed by atoms with Gasteiger partial charge in [-0.3, -0.25) is 0 Å². The molecular weight excluding hydrogens is 276 g/mol. The van der Waals surface area contributed by atoms with Crippen LogP contribution in [0.1, 0.15) is 11.7 Å². The van der Waals surface area contributed by atoms with Crippen molar-refractivity contribution >= 4 is 5.97 Å². The highest BCUT2D eigenvalue weighted by atomic mass is 16.6. The van der Waals surface area contributed by atoms with Gasteiger partial charge in [0.05, 0.1) is 39.6 Å². The average Bonchev–Trinajstić information content (AvgIpc) is 2.50. The Labute approximate surface area is 124 Å².